The molecule has 6 aromatic rings. The zero-order valence-corrected chi connectivity index (χ0v) is 37.5. The fraction of sp³-hybridized carbons (Fsp3) is 0.233. The lowest BCUT2D eigenvalue weighted by atomic mass is 10.0. The van der Waals surface area contributed by atoms with Crippen LogP contribution in [0.5, 0.6) is 34.9 Å². The summed E-state index contributed by atoms with van der Waals surface area (Å²) in [6.45, 7) is 7.07. The Kier molecular flexibility index (Phi) is 18.2. The fourth-order valence-electron chi connectivity index (χ4n) is 5.54. The number of ether oxygens (including phenoxy) is 3. The Bertz CT molecular complexity index is 2220. The number of phenolic OH excluding ortho intramolecular Hbond substituents is 3. The maximum atomic E-state index is 9.96. The van der Waals surface area contributed by atoms with Crippen LogP contribution in [-0.2, 0) is 6.54 Å². The Balaban J connectivity index is 0.000000193. The second-order valence-electron chi connectivity index (χ2n) is 12.5. The van der Waals surface area contributed by atoms with Gasteiger partial charge in [0.2, 0.25) is 17.6 Å². The molecule has 12 nitrogen and oxygen atoms in total. The molecule has 0 fully saturated rings. The molecule has 0 saturated heterocycles. The van der Waals surface area contributed by atoms with Crippen LogP contribution in [0.4, 0.5) is 17.1 Å². The average molecular weight is 984 g/mol. The van der Waals surface area contributed by atoms with Crippen molar-refractivity contribution >= 4 is 64.9 Å². The van der Waals surface area contributed by atoms with Crippen LogP contribution >= 0.6 is 47.8 Å². The van der Waals surface area contributed by atoms with E-state index in [1.165, 1.54) is 0 Å². The van der Waals surface area contributed by atoms with Crippen molar-refractivity contribution < 1.29 is 29.5 Å². The molecule has 2 atom stereocenters. The summed E-state index contributed by atoms with van der Waals surface area (Å²) in [4.78, 5) is 12.5. The molecule has 6 N–H and O–H groups in total. The number of hydrogen-bond acceptors (Lipinski definition) is 12. The number of para-hydroxylation sites is 3. The Labute approximate surface area is 364 Å². The molecule has 58 heavy (non-hydrogen) atoms. The molecule has 3 aromatic heterocycles. The van der Waals surface area contributed by atoms with E-state index in [2.05, 4.69) is 85.6 Å². The van der Waals surface area contributed by atoms with Gasteiger partial charge in [-0.2, -0.15) is 0 Å². The summed E-state index contributed by atoms with van der Waals surface area (Å²) in [6, 6.07) is 32.9. The smallest absolute Gasteiger partial charge is 0.216 e. The topological polar surface area (TPSA) is 163 Å². The lowest BCUT2D eigenvalue weighted by molar-refractivity contribution is 0.326. The SMILES string of the molecule is CCC(Nc1cc(Br)nc(OC)c1)c1ccccc1O.CCOc1cc(NCc2ccccc2O)cc(Br)n1.COc1cc(NC(C)c2ccccc2O)cc(Br)n1. The Hall–Kier alpha value is -5.25. The van der Waals surface area contributed by atoms with Crippen LogP contribution < -0.4 is 30.2 Å². The molecule has 3 aromatic carbocycles. The number of nitrogens with one attached hydrogen (secondary N) is 3. The van der Waals surface area contributed by atoms with Gasteiger partial charge in [-0.1, -0.05) is 61.5 Å². The summed E-state index contributed by atoms with van der Waals surface area (Å²) >= 11 is 10.0. The van der Waals surface area contributed by atoms with Gasteiger partial charge in [0.25, 0.3) is 0 Å². The minimum Gasteiger partial charge on any atom is -0.508 e. The summed E-state index contributed by atoms with van der Waals surface area (Å²) in [7, 11) is 3.16. The lowest BCUT2D eigenvalue weighted by Crippen LogP contribution is -2.10. The lowest BCUT2D eigenvalue weighted by Gasteiger charge is -2.20. The number of pyridine rings is 3. The third-order valence-electron chi connectivity index (χ3n) is 8.34. The van der Waals surface area contributed by atoms with E-state index < -0.39 is 0 Å². The van der Waals surface area contributed by atoms with E-state index in [-0.39, 0.29) is 23.6 Å². The molecule has 0 saturated carbocycles. The number of anilines is 3. The molecule has 0 amide bonds. The zero-order chi connectivity index (χ0) is 42.0. The number of phenols is 3. The summed E-state index contributed by atoms with van der Waals surface area (Å²) in [5.74, 6) is 2.50. The van der Waals surface area contributed by atoms with Crippen molar-refractivity contribution in [3.8, 4) is 34.9 Å². The van der Waals surface area contributed by atoms with Crippen LogP contribution in [0.25, 0.3) is 0 Å². The van der Waals surface area contributed by atoms with Gasteiger partial charge in [-0.3, -0.25) is 0 Å². The van der Waals surface area contributed by atoms with Gasteiger partial charge in [-0.15, -0.1) is 0 Å². The molecular formula is C43H47Br3N6O6. The minimum absolute atomic E-state index is 0.0233. The van der Waals surface area contributed by atoms with Crippen molar-refractivity contribution in [2.24, 2.45) is 0 Å². The fourth-order valence-corrected chi connectivity index (χ4v) is 6.80. The summed E-state index contributed by atoms with van der Waals surface area (Å²) in [5.41, 5.74) is 5.20. The third kappa shape index (κ3) is 14.3. The second kappa shape index (κ2) is 23.2. The first-order chi connectivity index (χ1) is 27.9. The molecule has 306 valence electrons. The number of rotatable bonds is 14. The van der Waals surface area contributed by atoms with Gasteiger partial charge in [0.15, 0.2) is 0 Å². The zero-order valence-electron chi connectivity index (χ0n) is 32.7. The third-order valence-corrected chi connectivity index (χ3v) is 9.56. The molecule has 0 radical (unpaired) electrons. The number of aromatic hydroxyl groups is 3. The highest BCUT2D eigenvalue weighted by atomic mass is 79.9. The van der Waals surface area contributed by atoms with Crippen molar-refractivity contribution in [2.45, 2.75) is 45.8 Å². The van der Waals surface area contributed by atoms with Gasteiger partial charge >= 0.3 is 0 Å². The molecule has 0 bridgehead atoms. The van der Waals surface area contributed by atoms with Gasteiger partial charge in [0.1, 0.15) is 31.1 Å². The van der Waals surface area contributed by atoms with E-state index in [4.69, 9.17) is 14.2 Å². The summed E-state index contributed by atoms with van der Waals surface area (Å²) in [5, 5.41) is 39.4. The first kappa shape index (κ1) is 45.5. The summed E-state index contributed by atoms with van der Waals surface area (Å²) in [6.07, 6.45) is 0.847. The number of halogens is 3. The van der Waals surface area contributed by atoms with Crippen LogP contribution in [0.1, 0.15) is 56.0 Å². The molecule has 3 heterocycles. The standard InChI is InChI=1S/C15H17BrN2O2.2C14H15BrN2O2/c1-3-12(11-6-4-5-7-13(11)19)17-10-8-14(16)18-15(9-10)20-2;1-9(11-5-3-4-6-12(11)18)16-10-7-13(15)17-14(8-10)19-2;1-2-19-14-8-11(7-13(15)17-14)16-9-10-5-3-4-6-12(10)18/h4-9,12,19H,3H2,1-2H3,(H,17,18);3-9,18H,1-2H3,(H,16,17);3-8,18H,2,9H2,1H3,(H,16,17). The Morgan fingerprint density at radius 3 is 1.57 bits per heavy atom. The van der Waals surface area contributed by atoms with E-state index in [9.17, 15) is 15.3 Å². The van der Waals surface area contributed by atoms with Crippen LogP contribution in [0.2, 0.25) is 0 Å². The molecule has 0 aliphatic heterocycles. The van der Waals surface area contributed by atoms with Crippen molar-refractivity contribution in [2.75, 3.05) is 36.8 Å². The number of benzene rings is 3. The Morgan fingerprint density at radius 1 is 0.586 bits per heavy atom. The largest absolute Gasteiger partial charge is 0.508 e. The second-order valence-corrected chi connectivity index (χ2v) is 14.9. The van der Waals surface area contributed by atoms with Crippen LogP contribution in [0.3, 0.4) is 0 Å². The predicted molar refractivity (Wildman–Crippen MR) is 240 cm³/mol. The molecule has 0 aliphatic rings. The number of nitrogens with zero attached hydrogens (tertiary/aromatic N) is 3. The summed E-state index contributed by atoms with van der Waals surface area (Å²) < 4.78 is 17.7. The van der Waals surface area contributed by atoms with Crippen LogP contribution in [0.15, 0.2) is 123 Å². The van der Waals surface area contributed by atoms with Gasteiger partial charge in [-0.05, 0) is 104 Å². The van der Waals surface area contributed by atoms with Crippen molar-refractivity contribution in [1.82, 2.24) is 15.0 Å². The highest BCUT2D eigenvalue weighted by molar-refractivity contribution is 9.11. The van der Waals surface area contributed by atoms with Crippen molar-refractivity contribution in [3.63, 3.8) is 0 Å². The van der Waals surface area contributed by atoms with E-state index in [0.717, 1.165) is 40.2 Å². The average Bonchev–Trinajstić information content (AvgIpc) is 3.20. The molecule has 6 rings (SSSR count). The van der Waals surface area contributed by atoms with E-state index in [1.807, 2.05) is 86.6 Å². The molecule has 0 aliphatic carbocycles. The molecular weight excluding hydrogens is 936 g/mol. The normalized spacial score (nSPS) is 11.4. The number of aromatic nitrogens is 3. The van der Waals surface area contributed by atoms with Gasteiger partial charge in [0.05, 0.1) is 32.9 Å². The van der Waals surface area contributed by atoms with Crippen molar-refractivity contribution in [1.29, 1.82) is 0 Å². The van der Waals surface area contributed by atoms with Crippen LogP contribution in [0, 0.1) is 0 Å². The van der Waals surface area contributed by atoms with E-state index in [1.54, 1.807) is 50.6 Å². The van der Waals surface area contributed by atoms with E-state index >= 15 is 0 Å². The highest BCUT2D eigenvalue weighted by Crippen LogP contribution is 2.32. The first-order valence-electron chi connectivity index (χ1n) is 18.3. The quantitative estimate of drug-likeness (QED) is 0.0574. The van der Waals surface area contributed by atoms with Gasteiger partial charge < -0.3 is 45.5 Å². The highest BCUT2D eigenvalue weighted by Gasteiger charge is 2.14. The molecule has 2 unspecified atom stereocenters. The minimum atomic E-state index is -0.0276. The Morgan fingerprint density at radius 2 is 1.05 bits per heavy atom. The van der Waals surface area contributed by atoms with Crippen molar-refractivity contribution in [3.05, 3.63) is 140 Å². The predicted octanol–water partition coefficient (Wildman–Crippen LogP) is 11.4. The monoisotopic (exact) mass is 980 g/mol. The van der Waals surface area contributed by atoms with Gasteiger partial charge in [0, 0.05) is 58.5 Å². The first-order valence-corrected chi connectivity index (χ1v) is 20.6. The number of methoxy groups -OCH3 is 2. The van der Waals surface area contributed by atoms with E-state index in [0.29, 0.717) is 50.4 Å². The van der Waals surface area contributed by atoms with Gasteiger partial charge in [-0.25, -0.2) is 15.0 Å². The molecule has 0 spiro atoms. The maximum absolute atomic E-state index is 9.96. The maximum Gasteiger partial charge on any atom is 0.216 e. The number of hydrogen-bond donors (Lipinski definition) is 6. The van der Waals surface area contributed by atoms with Crippen LogP contribution in [-0.4, -0.2) is 51.1 Å². The molecule has 15 heteroatoms.